The monoisotopic (exact) mass is 394 g/mol. The van der Waals surface area contributed by atoms with Crippen molar-refractivity contribution in [2.45, 2.75) is 58.4 Å². The molecule has 148 valence electrons. The van der Waals surface area contributed by atoms with Gasteiger partial charge in [0.15, 0.2) is 5.82 Å². The second kappa shape index (κ2) is 8.08. The van der Waals surface area contributed by atoms with Gasteiger partial charge in [0.1, 0.15) is 5.82 Å². The zero-order valence-electron chi connectivity index (χ0n) is 17.2. The first kappa shape index (κ1) is 20.6. The van der Waals surface area contributed by atoms with E-state index < -0.39 is 0 Å². The highest BCUT2D eigenvalue weighted by Gasteiger charge is 2.23. The molecule has 2 aromatic carbocycles. The standard InChI is InChI=1S/C24H29N3.ClH/c1-17-9-7-8-16-27(17)23-20-10-5-6-11-21(20)25-22(26-23)18-12-14-19(15-13-18)24(2,3)4;/h5-6,10-15,17H,7-9,16H2,1-4H3;1H/p-1. The Kier molecular flexibility index (Phi) is 5.95. The number of fused-ring (bicyclic) bond motifs is 1. The van der Waals surface area contributed by atoms with Crippen LogP contribution in [0.4, 0.5) is 5.82 Å². The molecule has 2 heterocycles. The molecule has 1 aromatic heterocycles. The number of rotatable bonds is 2. The maximum absolute atomic E-state index is 5.05. The molecule has 1 aliphatic rings. The lowest BCUT2D eigenvalue weighted by atomic mass is 9.86. The van der Waals surface area contributed by atoms with E-state index in [4.69, 9.17) is 9.97 Å². The van der Waals surface area contributed by atoms with Gasteiger partial charge < -0.3 is 17.3 Å². The molecule has 3 nitrogen and oxygen atoms in total. The number of halogens is 1. The van der Waals surface area contributed by atoms with Gasteiger partial charge in [-0.1, -0.05) is 57.2 Å². The van der Waals surface area contributed by atoms with E-state index in [0.717, 1.165) is 34.7 Å². The second-order valence-electron chi connectivity index (χ2n) is 8.75. The third-order valence-corrected chi connectivity index (χ3v) is 5.67. The van der Waals surface area contributed by atoms with Gasteiger partial charge in [0.25, 0.3) is 0 Å². The minimum atomic E-state index is 0. The Morgan fingerprint density at radius 1 is 0.929 bits per heavy atom. The molecule has 0 bridgehead atoms. The average Bonchev–Trinajstić information content (AvgIpc) is 2.67. The second-order valence-corrected chi connectivity index (χ2v) is 8.75. The van der Waals surface area contributed by atoms with Crippen molar-refractivity contribution in [2.75, 3.05) is 11.4 Å². The molecule has 4 rings (SSSR count). The van der Waals surface area contributed by atoms with Crippen LogP contribution in [-0.2, 0) is 5.41 Å². The van der Waals surface area contributed by atoms with Crippen LogP contribution in [0.2, 0.25) is 0 Å². The quantitative estimate of drug-likeness (QED) is 0.669. The lowest BCUT2D eigenvalue weighted by Gasteiger charge is -2.35. The van der Waals surface area contributed by atoms with Crippen molar-refractivity contribution < 1.29 is 12.4 Å². The van der Waals surface area contributed by atoms with E-state index in [-0.39, 0.29) is 17.8 Å². The molecule has 1 unspecified atom stereocenters. The molecule has 0 spiro atoms. The number of hydrogen-bond acceptors (Lipinski definition) is 3. The summed E-state index contributed by atoms with van der Waals surface area (Å²) in [7, 11) is 0. The Hall–Kier alpha value is -2.13. The van der Waals surface area contributed by atoms with Crippen LogP contribution in [0, 0.1) is 0 Å². The molecule has 0 aliphatic carbocycles. The molecule has 1 saturated heterocycles. The first-order chi connectivity index (χ1) is 12.9. The molecular formula is C24H29ClN3-. The molecule has 3 aromatic rings. The fraction of sp³-hybridized carbons (Fsp3) is 0.417. The normalized spacial score (nSPS) is 17.4. The summed E-state index contributed by atoms with van der Waals surface area (Å²) in [5, 5.41) is 1.15. The van der Waals surface area contributed by atoms with Crippen molar-refractivity contribution in [1.82, 2.24) is 9.97 Å². The Labute approximate surface area is 174 Å². The van der Waals surface area contributed by atoms with E-state index in [0.29, 0.717) is 6.04 Å². The first-order valence-corrected chi connectivity index (χ1v) is 10.1. The number of aromatic nitrogens is 2. The van der Waals surface area contributed by atoms with E-state index in [1.807, 2.05) is 0 Å². The summed E-state index contributed by atoms with van der Waals surface area (Å²) < 4.78 is 0. The lowest BCUT2D eigenvalue weighted by Crippen LogP contribution is -3.00. The summed E-state index contributed by atoms with van der Waals surface area (Å²) >= 11 is 0. The minimum absolute atomic E-state index is 0. The maximum atomic E-state index is 5.05. The van der Waals surface area contributed by atoms with E-state index in [9.17, 15) is 0 Å². The predicted molar refractivity (Wildman–Crippen MR) is 114 cm³/mol. The van der Waals surface area contributed by atoms with Gasteiger partial charge in [-0.3, -0.25) is 0 Å². The fourth-order valence-electron chi connectivity index (χ4n) is 3.94. The number of piperidine rings is 1. The van der Waals surface area contributed by atoms with Crippen LogP contribution in [0.25, 0.3) is 22.3 Å². The van der Waals surface area contributed by atoms with E-state index in [1.54, 1.807) is 0 Å². The van der Waals surface area contributed by atoms with Gasteiger partial charge in [-0.2, -0.15) is 0 Å². The highest BCUT2D eigenvalue weighted by molar-refractivity contribution is 5.91. The van der Waals surface area contributed by atoms with Gasteiger partial charge in [-0.15, -0.1) is 0 Å². The van der Waals surface area contributed by atoms with Gasteiger partial charge >= 0.3 is 0 Å². The van der Waals surface area contributed by atoms with Gasteiger partial charge in [0, 0.05) is 23.5 Å². The third kappa shape index (κ3) is 4.00. The zero-order valence-corrected chi connectivity index (χ0v) is 18.0. The molecular weight excluding hydrogens is 366 g/mol. The van der Waals surface area contributed by atoms with Gasteiger partial charge in [0.05, 0.1) is 5.52 Å². The van der Waals surface area contributed by atoms with Crippen LogP contribution in [0.3, 0.4) is 0 Å². The maximum Gasteiger partial charge on any atom is 0.162 e. The molecule has 4 heteroatoms. The molecule has 0 N–H and O–H groups in total. The Morgan fingerprint density at radius 2 is 1.64 bits per heavy atom. The Morgan fingerprint density at radius 3 is 2.32 bits per heavy atom. The van der Waals surface area contributed by atoms with Gasteiger partial charge in [-0.05, 0) is 49.3 Å². The van der Waals surface area contributed by atoms with Crippen molar-refractivity contribution >= 4 is 16.7 Å². The first-order valence-electron chi connectivity index (χ1n) is 10.1. The summed E-state index contributed by atoms with van der Waals surface area (Å²) in [5.74, 6) is 1.91. The van der Waals surface area contributed by atoms with Gasteiger partial charge in [-0.25, -0.2) is 9.97 Å². The molecule has 28 heavy (non-hydrogen) atoms. The van der Waals surface area contributed by atoms with Crippen molar-refractivity contribution in [3.8, 4) is 11.4 Å². The van der Waals surface area contributed by atoms with Crippen molar-refractivity contribution in [3.05, 3.63) is 54.1 Å². The summed E-state index contributed by atoms with van der Waals surface area (Å²) in [6, 6.07) is 17.7. The average molecular weight is 395 g/mol. The summed E-state index contributed by atoms with van der Waals surface area (Å²) in [5.41, 5.74) is 3.59. The van der Waals surface area contributed by atoms with Crippen molar-refractivity contribution in [2.24, 2.45) is 0 Å². The molecule has 0 radical (unpaired) electrons. The van der Waals surface area contributed by atoms with Crippen LogP contribution in [0.5, 0.6) is 0 Å². The minimum Gasteiger partial charge on any atom is -1.00 e. The molecule has 1 aliphatic heterocycles. The Bertz CT molecular complexity index is 944. The number of nitrogens with zero attached hydrogens (tertiary/aromatic N) is 3. The fourth-order valence-corrected chi connectivity index (χ4v) is 3.94. The lowest BCUT2D eigenvalue weighted by molar-refractivity contribution is -0.00000609. The summed E-state index contributed by atoms with van der Waals surface area (Å²) in [4.78, 5) is 12.4. The predicted octanol–water partition coefficient (Wildman–Crippen LogP) is 2.98. The Balaban J connectivity index is 0.00000225. The molecule has 0 saturated carbocycles. The third-order valence-electron chi connectivity index (χ3n) is 5.67. The highest BCUT2D eigenvalue weighted by Crippen LogP contribution is 2.32. The molecule has 1 atom stereocenters. The van der Waals surface area contributed by atoms with Crippen molar-refractivity contribution in [3.63, 3.8) is 0 Å². The SMILES string of the molecule is CC1CCCCN1c1nc(-c2ccc(C(C)(C)C)cc2)nc2ccccc12.[Cl-]. The summed E-state index contributed by atoms with van der Waals surface area (Å²) in [6.07, 6.45) is 3.77. The van der Waals surface area contributed by atoms with Crippen LogP contribution in [0.15, 0.2) is 48.5 Å². The molecule has 0 amide bonds. The number of benzene rings is 2. The van der Waals surface area contributed by atoms with E-state index >= 15 is 0 Å². The molecule has 1 fully saturated rings. The van der Waals surface area contributed by atoms with Gasteiger partial charge in [0.2, 0.25) is 0 Å². The van der Waals surface area contributed by atoms with Crippen molar-refractivity contribution in [1.29, 1.82) is 0 Å². The van der Waals surface area contributed by atoms with Crippen LogP contribution in [0.1, 0.15) is 52.5 Å². The van der Waals surface area contributed by atoms with E-state index in [1.165, 1.54) is 24.8 Å². The van der Waals surface area contributed by atoms with Crippen LogP contribution < -0.4 is 17.3 Å². The highest BCUT2D eigenvalue weighted by atomic mass is 35.5. The zero-order chi connectivity index (χ0) is 19.0. The van der Waals surface area contributed by atoms with Crippen LogP contribution >= 0.6 is 0 Å². The van der Waals surface area contributed by atoms with Crippen LogP contribution in [-0.4, -0.2) is 22.6 Å². The summed E-state index contributed by atoms with van der Waals surface area (Å²) in [6.45, 7) is 10.1. The number of hydrogen-bond donors (Lipinski definition) is 0. The largest absolute Gasteiger partial charge is 1.00 e. The smallest absolute Gasteiger partial charge is 0.162 e. The number of para-hydroxylation sites is 1. The van der Waals surface area contributed by atoms with E-state index in [2.05, 4.69) is 81.1 Å². The number of anilines is 1. The topological polar surface area (TPSA) is 29.0 Å².